The van der Waals surface area contributed by atoms with Gasteiger partial charge in [-0.3, -0.25) is 0 Å². The van der Waals surface area contributed by atoms with Crippen molar-refractivity contribution < 1.29 is 4.74 Å². The SMILES string of the molecule is C=C(OC)C(Cc1ccccc1)NC. The highest BCUT2D eigenvalue weighted by Gasteiger charge is 2.10. The second-order valence-corrected chi connectivity index (χ2v) is 3.20. The molecule has 1 atom stereocenters. The third-order valence-corrected chi connectivity index (χ3v) is 2.28. The summed E-state index contributed by atoms with van der Waals surface area (Å²) in [5.74, 6) is 0.774. The zero-order chi connectivity index (χ0) is 10.4. The molecule has 0 fully saturated rings. The molecule has 14 heavy (non-hydrogen) atoms. The smallest absolute Gasteiger partial charge is 0.106 e. The molecule has 0 saturated heterocycles. The standard InChI is InChI=1S/C12H17NO/c1-10(14-3)12(13-2)9-11-7-5-4-6-8-11/h4-8,12-13H,1,9H2,2-3H3. The van der Waals surface area contributed by atoms with Crippen LogP contribution in [0.15, 0.2) is 42.7 Å². The van der Waals surface area contributed by atoms with E-state index in [2.05, 4.69) is 24.0 Å². The van der Waals surface area contributed by atoms with E-state index in [1.165, 1.54) is 5.56 Å². The quantitative estimate of drug-likeness (QED) is 0.718. The maximum Gasteiger partial charge on any atom is 0.106 e. The number of methoxy groups -OCH3 is 1. The molecule has 0 aliphatic carbocycles. The van der Waals surface area contributed by atoms with Crippen LogP contribution in [0.2, 0.25) is 0 Å². The fourth-order valence-corrected chi connectivity index (χ4v) is 1.37. The van der Waals surface area contributed by atoms with Crippen LogP contribution in [0.3, 0.4) is 0 Å². The van der Waals surface area contributed by atoms with Crippen molar-refractivity contribution in [1.82, 2.24) is 5.32 Å². The van der Waals surface area contributed by atoms with Gasteiger partial charge in [0.2, 0.25) is 0 Å². The highest BCUT2D eigenvalue weighted by Crippen LogP contribution is 2.08. The Morgan fingerprint density at radius 1 is 1.43 bits per heavy atom. The van der Waals surface area contributed by atoms with Gasteiger partial charge in [0.05, 0.1) is 13.2 Å². The Morgan fingerprint density at radius 3 is 2.57 bits per heavy atom. The molecule has 1 N–H and O–H groups in total. The minimum absolute atomic E-state index is 0.183. The average molecular weight is 191 g/mol. The summed E-state index contributed by atoms with van der Waals surface area (Å²) in [4.78, 5) is 0. The minimum Gasteiger partial charge on any atom is -0.500 e. The summed E-state index contributed by atoms with van der Waals surface area (Å²) in [5.41, 5.74) is 1.28. The molecule has 0 amide bonds. The van der Waals surface area contributed by atoms with Crippen LogP contribution in [0.1, 0.15) is 5.56 Å². The first-order valence-corrected chi connectivity index (χ1v) is 4.72. The molecule has 1 aromatic carbocycles. The molecule has 1 unspecified atom stereocenters. The number of likely N-dealkylation sites (N-methyl/N-ethyl adjacent to an activating group) is 1. The molecule has 0 heterocycles. The van der Waals surface area contributed by atoms with Gasteiger partial charge < -0.3 is 10.1 Å². The third kappa shape index (κ3) is 2.89. The topological polar surface area (TPSA) is 21.3 Å². The van der Waals surface area contributed by atoms with Crippen molar-refractivity contribution in [3.8, 4) is 0 Å². The summed E-state index contributed by atoms with van der Waals surface area (Å²) in [7, 11) is 3.56. The number of nitrogens with one attached hydrogen (secondary N) is 1. The van der Waals surface area contributed by atoms with E-state index in [0.717, 1.165) is 12.2 Å². The number of hydrogen-bond donors (Lipinski definition) is 1. The lowest BCUT2D eigenvalue weighted by atomic mass is 10.1. The van der Waals surface area contributed by atoms with Crippen LogP contribution >= 0.6 is 0 Å². The van der Waals surface area contributed by atoms with E-state index in [0.29, 0.717) is 0 Å². The summed E-state index contributed by atoms with van der Waals surface area (Å²) in [6, 6.07) is 10.5. The third-order valence-electron chi connectivity index (χ3n) is 2.28. The second-order valence-electron chi connectivity index (χ2n) is 3.20. The van der Waals surface area contributed by atoms with E-state index < -0.39 is 0 Å². The Balaban J connectivity index is 2.62. The molecule has 2 heteroatoms. The van der Waals surface area contributed by atoms with E-state index in [4.69, 9.17) is 4.74 Å². The van der Waals surface area contributed by atoms with Gasteiger partial charge >= 0.3 is 0 Å². The van der Waals surface area contributed by atoms with Gasteiger partial charge in [0, 0.05) is 0 Å². The molecule has 0 spiro atoms. The van der Waals surface area contributed by atoms with Crippen molar-refractivity contribution in [2.75, 3.05) is 14.2 Å². The van der Waals surface area contributed by atoms with Gasteiger partial charge in [-0.05, 0) is 19.0 Å². The summed E-state index contributed by atoms with van der Waals surface area (Å²) in [6.07, 6.45) is 0.907. The fourth-order valence-electron chi connectivity index (χ4n) is 1.37. The molecule has 0 aliphatic heterocycles. The largest absolute Gasteiger partial charge is 0.500 e. The van der Waals surface area contributed by atoms with E-state index >= 15 is 0 Å². The van der Waals surface area contributed by atoms with Gasteiger partial charge in [-0.25, -0.2) is 0 Å². The first-order chi connectivity index (χ1) is 6.77. The molecule has 1 aromatic rings. The van der Waals surface area contributed by atoms with Crippen LogP contribution in [0.5, 0.6) is 0 Å². The van der Waals surface area contributed by atoms with E-state index in [1.807, 2.05) is 25.2 Å². The zero-order valence-electron chi connectivity index (χ0n) is 8.79. The molecule has 0 saturated carbocycles. The summed E-state index contributed by atoms with van der Waals surface area (Å²) >= 11 is 0. The van der Waals surface area contributed by atoms with Crippen LogP contribution in [0.4, 0.5) is 0 Å². The number of ether oxygens (including phenoxy) is 1. The predicted octanol–water partition coefficient (Wildman–Crippen LogP) is 1.98. The monoisotopic (exact) mass is 191 g/mol. The van der Waals surface area contributed by atoms with Crippen molar-refractivity contribution in [3.63, 3.8) is 0 Å². The van der Waals surface area contributed by atoms with Crippen molar-refractivity contribution in [3.05, 3.63) is 48.2 Å². The minimum atomic E-state index is 0.183. The Morgan fingerprint density at radius 2 is 2.07 bits per heavy atom. The molecule has 0 bridgehead atoms. The highest BCUT2D eigenvalue weighted by molar-refractivity contribution is 5.18. The van der Waals surface area contributed by atoms with E-state index in [9.17, 15) is 0 Å². The molecule has 0 radical (unpaired) electrons. The molecule has 0 aromatic heterocycles. The van der Waals surface area contributed by atoms with Crippen LogP contribution in [0.25, 0.3) is 0 Å². The van der Waals surface area contributed by atoms with E-state index in [1.54, 1.807) is 7.11 Å². The van der Waals surface area contributed by atoms with Crippen LogP contribution in [-0.2, 0) is 11.2 Å². The van der Waals surface area contributed by atoms with Gasteiger partial charge in [-0.15, -0.1) is 0 Å². The Labute approximate surface area is 85.6 Å². The Kier molecular flexibility index (Phi) is 4.20. The predicted molar refractivity (Wildman–Crippen MR) is 59.1 cm³/mol. The highest BCUT2D eigenvalue weighted by atomic mass is 16.5. The van der Waals surface area contributed by atoms with Crippen molar-refractivity contribution >= 4 is 0 Å². The van der Waals surface area contributed by atoms with Gasteiger partial charge in [-0.2, -0.15) is 0 Å². The molecule has 0 aliphatic rings. The Hall–Kier alpha value is -1.28. The maximum atomic E-state index is 5.12. The normalized spacial score (nSPS) is 12.1. The van der Waals surface area contributed by atoms with Gasteiger partial charge in [0.1, 0.15) is 5.76 Å². The number of rotatable bonds is 5. The molecule has 1 rings (SSSR count). The fraction of sp³-hybridized carbons (Fsp3) is 0.333. The first kappa shape index (κ1) is 10.8. The molecular formula is C12H17NO. The molecule has 76 valence electrons. The molecule has 2 nitrogen and oxygen atoms in total. The summed E-state index contributed by atoms with van der Waals surface area (Å²) in [6.45, 7) is 3.86. The summed E-state index contributed by atoms with van der Waals surface area (Å²) in [5, 5.41) is 3.18. The van der Waals surface area contributed by atoms with Crippen molar-refractivity contribution in [1.29, 1.82) is 0 Å². The van der Waals surface area contributed by atoms with Crippen LogP contribution < -0.4 is 5.32 Å². The van der Waals surface area contributed by atoms with Gasteiger partial charge in [0.15, 0.2) is 0 Å². The maximum absolute atomic E-state index is 5.12. The lowest BCUT2D eigenvalue weighted by Crippen LogP contribution is -2.30. The second kappa shape index (κ2) is 5.45. The van der Waals surface area contributed by atoms with Crippen LogP contribution in [-0.4, -0.2) is 20.2 Å². The lowest BCUT2D eigenvalue weighted by Gasteiger charge is -2.17. The lowest BCUT2D eigenvalue weighted by molar-refractivity contribution is 0.255. The summed E-state index contributed by atoms with van der Waals surface area (Å²) < 4.78 is 5.12. The first-order valence-electron chi connectivity index (χ1n) is 4.72. The average Bonchev–Trinajstić information content (AvgIpc) is 2.26. The van der Waals surface area contributed by atoms with Crippen molar-refractivity contribution in [2.45, 2.75) is 12.5 Å². The van der Waals surface area contributed by atoms with E-state index in [-0.39, 0.29) is 6.04 Å². The van der Waals surface area contributed by atoms with Crippen LogP contribution in [0, 0.1) is 0 Å². The molecular weight excluding hydrogens is 174 g/mol. The zero-order valence-corrected chi connectivity index (χ0v) is 8.79. The number of benzene rings is 1. The van der Waals surface area contributed by atoms with Crippen molar-refractivity contribution in [2.24, 2.45) is 0 Å². The Bertz CT molecular complexity index is 282. The number of hydrogen-bond acceptors (Lipinski definition) is 2. The van der Waals surface area contributed by atoms with Gasteiger partial charge in [0.25, 0.3) is 0 Å². The van der Waals surface area contributed by atoms with Gasteiger partial charge in [-0.1, -0.05) is 36.9 Å².